The molecule has 4 rings (SSSR count). The third-order valence-electron chi connectivity index (χ3n) is 5.92. The average molecular weight is 488 g/mol. The van der Waals surface area contributed by atoms with Gasteiger partial charge >= 0.3 is 0 Å². The molecular formula is C25H30ClN3O3S. The summed E-state index contributed by atoms with van der Waals surface area (Å²) in [6, 6.07) is 14.8. The lowest BCUT2D eigenvalue weighted by Crippen LogP contribution is -2.36. The molecule has 1 aromatic heterocycles. The zero-order valence-electron chi connectivity index (χ0n) is 19.3. The molecule has 0 fully saturated rings. The maximum absolute atomic E-state index is 13.3. The molecule has 1 aliphatic rings. The van der Waals surface area contributed by atoms with Crippen LogP contribution in [0.4, 0.5) is 0 Å². The van der Waals surface area contributed by atoms with E-state index >= 15 is 0 Å². The minimum atomic E-state index is -3.58. The summed E-state index contributed by atoms with van der Waals surface area (Å²) >= 11 is 5.94. The van der Waals surface area contributed by atoms with Gasteiger partial charge in [0.1, 0.15) is 0 Å². The lowest BCUT2D eigenvalue weighted by Gasteiger charge is -2.27. The second kappa shape index (κ2) is 9.97. The zero-order chi connectivity index (χ0) is 23.6. The Kier molecular flexibility index (Phi) is 7.24. The topological polar surface area (TPSA) is 64.4 Å². The normalized spacial score (nSPS) is 14.6. The highest BCUT2D eigenvalue weighted by Gasteiger charge is 2.32. The van der Waals surface area contributed by atoms with Crippen molar-refractivity contribution in [3.63, 3.8) is 0 Å². The highest BCUT2D eigenvalue weighted by Crippen LogP contribution is 2.28. The molecule has 3 aromatic rings. The minimum absolute atomic E-state index is 0.304. The third kappa shape index (κ3) is 5.49. The molecule has 176 valence electrons. The summed E-state index contributed by atoms with van der Waals surface area (Å²) in [6.07, 6.45) is 1.56. The second-order valence-electron chi connectivity index (χ2n) is 8.95. The van der Waals surface area contributed by atoms with E-state index < -0.39 is 10.0 Å². The van der Waals surface area contributed by atoms with Crippen molar-refractivity contribution in [3.8, 4) is 0 Å². The van der Waals surface area contributed by atoms with Gasteiger partial charge in [-0.05, 0) is 47.7 Å². The number of sulfonamides is 1. The molecule has 1 aliphatic heterocycles. The van der Waals surface area contributed by atoms with Crippen molar-refractivity contribution < 1.29 is 13.2 Å². The number of hydrogen-bond donors (Lipinski definition) is 0. The van der Waals surface area contributed by atoms with Crippen LogP contribution in [0.3, 0.4) is 0 Å². The smallest absolute Gasteiger partial charge is 0.243 e. The number of hydrogen-bond acceptors (Lipinski definition) is 4. The number of fused-ring (bicyclic) bond motifs is 1. The lowest BCUT2D eigenvalue weighted by molar-refractivity contribution is 0.103. The Balaban J connectivity index is 1.47. The highest BCUT2D eigenvalue weighted by molar-refractivity contribution is 7.89. The van der Waals surface area contributed by atoms with Crippen molar-refractivity contribution in [2.75, 3.05) is 6.54 Å². The summed E-state index contributed by atoms with van der Waals surface area (Å²) in [5.41, 5.74) is 4.97. The molecule has 0 unspecified atom stereocenters. The fourth-order valence-corrected chi connectivity index (χ4v) is 5.77. The van der Waals surface area contributed by atoms with Gasteiger partial charge in [-0.3, -0.25) is 4.68 Å². The summed E-state index contributed by atoms with van der Waals surface area (Å²) in [4.78, 5) is 0.336. The van der Waals surface area contributed by atoms with Crippen LogP contribution >= 0.6 is 11.6 Å². The molecule has 0 bridgehead atoms. The molecule has 33 heavy (non-hydrogen) atoms. The summed E-state index contributed by atoms with van der Waals surface area (Å²) < 4.78 is 36.0. The van der Waals surface area contributed by atoms with Crippen molar-refractivity contribution >= 4 is 21.6 Å². The zero-order valence-corrected chi connectivity index (χ0v) is 20.9. The highest BCUT2D eigenvalue weighted by atomic mass is 35.5. The number of benzene rings is 2. The number of aryl methyl sites for hydroxylation is 1. The van der Waals surface area contributed by atoms with E-state index in [2.05, 4.69) is 18.9 Å². The number of halogens is 1. The van der Waals surface area contributed by atoms with Gasteiger partial charge in [0, 0.05) is 42.8 Å². The Hall–Kier alpha value is -2.19. The predicted octanol–water partition coefficient (Wildman–Crippen LogP) is 4.74. The number of rotatable bonds is 8. The van der Waals surface area contributed by atoms with Crippen LogP contribution in [0.15, 0.2) is 53.4 Å². The molecule has 0 N–H and O–H groups in total. The maximum Gasteiger partial charge on any atom is 0.243 e. The van der Waals surface area contributed by atoms with Crippen molar-refractivity contribution in [1.29, 1.82) is 0 Å². The molecule has 0 radical (unpaired) electrons. The monoisotopic (exact) mass is 487 g/mol. The Bertz CT molecular complexity index is 1200. The molecule has 2 heterocycles. The first-order chi connectivity index (χ1) is 15.7. The first-order valence-electron chi connectivity index (χ1n) is 11.2. The van der Waals surface area contributed by atoms with Gasteiger partial charge < -0.3 is 4.74 Å². The Morgan fingerprint density at radius 1 is 1.03 bits per heavy atom. The molecule has 0 aliphatic carbocycles. The quantitative estimate of drug-likeness (QED) is 0.460. The van der Waals surface area contributed by atoms with Crippen molar-refractivity contribution in [1.82, 2.24) is 14.1 Å². The molecule has 2 aromatic carbocycles. The number of aromatic nitrogens is 2. The maximum atomic E-state index is 13.3. The molecule has 0 saturated carbocycles. The van der Waals surface area contributed by atoms with Crippen LogP contribution in [0.1, 0.15) is 41.9 Å². The first-order valence-corrected chi connectivity index (χ1v) is 13.0. The van der Waals surface area contributed by atoms with E-state index in [1.807, 2.05) is 48.1 Å². The second-order valence-corrected chi connectivity index (χ2v) is 11.3. The Morgan fingerprint density at radius 2 is 1.70 bits per heavy atom. The van der Waals surface area contributed by atoms with E-state index in [9.17, 15) is 8.42 Å². The van der Waals surface area contributed by atoms with Crippen LogP contribution in [0.2, 0.25) is 5.02 Å². The molecule has 0 spiro atoms. The Morgan fingerprint density at radius 3 is 2.36 bits per heavy atom. The van der Waals surface area contributed by atoms with Gasteiger partial charge in [-0.1, -0.05) is 49.7 Å². The standard InChI is InChI=1S/C25H30ClN3O3S/c1-18(2)14-19-6-10-22(11-7-19)33(30,31)29-13-12-25-23(15-29)24(27-28(25)3)17-32-16-20-4-8-21(26)9-5-20/h4-11,18H,12-17H2,1-3H3. The summed E-state index contributed by atoms with van der Waals surface area (Å²) in [5.74, 6) is 0.527. The van der Waals surface area contributed by atoms with Gasteiger partial charge in [-0.25, -0.2) is 8.42 Å². The number of nitrogens with zero attached hydrogens (tertiary/aromatic N) is 3. The summed E-state index contributed by atoms with van der Waals surface area (Å²) in [6.45, 7) is 5.81. The fraction of sp³-hybridized carbons (Fsp3) is 0.400. The van der Waals surface area contributed by atoms with Crippen LogP contribution in [0.25, 0.3) is 0 Å². The average Bonchev–Trinajstić information content (AvgIpc) is 3.10. The van der Waals surface area contributed by atoms with Crippen LogP contribution in [-0.4, -0.2) is 29.0 Å². The van der Waals surface area contributed by atoms with Gasteiger partial charge in [0.05, 0.1) is 23.8 Å². The van der Waals surface area contributed by atoms with Crippen molar-refractivity contribution in [2.45, 2.75) is 51.3 Å². The van der Waals surface area contributed by atoms with Gasteiger partial charge in [0.25, 0.3) is 0 Å². The molecule has 0 saturated heterocycles. The predicted molar refractivity (Wildman–Crippen MR) is 129 cm³/mol. The molecule has 0 amide bonds. The van der Waals surface area contributed by atoms with E-state index in [-0.39, 0.29) is 0 Å². The minimum Gasteiger partial charge on any atom is -0.370 e. The molecule has 8 heteroatoms. The molecular weight excluding hydrogens is 458 g/mol. The van der Waals surface area contributed by atoms with Crippen LogP contribution < -0.4 is 0 Å². The van der Waals surface area contributed by atoms with Gasteiger partial charge in [-0.15, -0.1) is 0 Å². The van der Waals surface area contributed by atoms with E-state index in [4.69, 9.17) is 16.3 Å². The molecule has 6 nitrogen and oxygen atoms in total. The van der Waals surface area contributed by atoms with Gasteiger partial charge in [-0.2, -0.15) is 9.40 Å². The van der Waals surface area contributed by atoms with Crippen LogP contribution in [0.5, 0.6) is 0 Å². The third-order valence-corrected chi connectivity index (χ3v) is 8.03. The van der Waals surface area contributed by atoms with Crippen molar-refractivity contribution in [3.05, 3.63) is 81.6 Å². The number of ether oxygens (including phenoxy) is 1. The van der Waals surface area contributed by atoms with E-state index in [0.717, 1.165) is 34.5 Å². The first kappa shape index (κ1) is 24.0. The van der Waals surface area contributed by atoms with Crippen molar-refractivity contribution in [2.24, 2.45) is 13.0 Å². The van der Waals surface area contributed by atoms with E-state index in [0.29, 0.717) is 48.6 Å². The molecule has 0 atom stereocenters. The lowest BCUT2D eigenvalue weighted by atomic mass is 10.0. The van der Waals surface area contributed by atoms with Gasteiger partial charge in [0.15, 0.2) is 0 Å². The van der Waals surface area contributed by atoms with E-state index in [1.54, 1.807) is 16.4 Å². The van der Waals surface area contributed by atoms with Gasteiger partial charge in [0.2, 0.25) is 10.0 Å². The fourth-order valence-electron chi connectivity index (χ4n) is 4.23. The Labute approximate surface area is 201 Å². The largest absolute Gasteiger partial charge is 0.370 e. The SMILES string of the molecule is CC(C)Cc1ccc(S(=O)(=O)N2CCc3c(c(COCc4ccc(Cl)cc4)nn3C)C2)cc1. The van der Waals surface area contributed by atoms with Crippen LogP contribution in [0, 0.1) is 5.92 Å². The summed E-state index contributed by atoms with van der Waals surface area (Å²) in [7, 11) is -1.68. The van der Waals surface area contributed by atoms with Crippen LogP contribution in [-0.2, 0) is 54.4 Å². The van der Waals surface area contributed by atoms with E-state index in [1.165, 1.54) is 0 Å². The summed E-state index contributed by atoms with van der Waals surface area (Å²) in [5, 5.41) is 5.30.